The predicted octanol–water partition coefficient (Wildman–Crippen LogP) is 3.89. The third kappa shape index (κ3) is 10.8. The molecule has 12 nitrogen and oxygen atoms in total. The molecular weight excluding hydrogens is 578 g/mol. The third-order valence-corrected chi connectivity index (χ3v) is 7.80. The monoisotopic (exact) mass is 631 g/mol. The van der Waals surface area contributed by atoms with Gasteiger partial charge >= 0.3 is 12.2 Å². The molecule has 3 rings (SSSR count). The Hall–Kier alpha value is -3.47. The van der Waals surface area contributed by atoms with Crippen molar-refractivity contribution in [1.29, 1.82) is 0 Å². The van der Waals surface area contributed by atoms with Crippen LogP contribution in [-0.2, 0) is 19.0 Å². The van der Waals surface area contributed by atoms with Gasteiger partial charge in [0, 0.05) is 62.3 Å². The number of nitrogens with two attached hydrogens (primary N) is 1. The van der Waals surface area contributed by atoms with Crippen LogP contribution in [0.15, 0.2) is 41.1 Å². The Balaban J connectivity index is 1.59. The smallest absolute Gasteiger partial charge is 0.410 e. The molecule has 0 bridgehead atoms. The van der Waals surface area contributed by atoms with Gasteiger partial charge in [0.25, 0.3) is 5.91 Å². The van der Waals surface area contributed by atoms with Crippen LogP contribution in [-0.4, -0.2) is 95.7 Å². The minimum Gasteiger partial charge on any atom is -0.477 e. The van der Waals surface area contributed by atoms with Crippen LogP contribution in [0.3, 0.4) is 0 Å². The van der Waals surface area contributed by atoms with E-state index in [4.69, 9.17) is 20.1 Å². The summed E-state index contributed by atoms with van der Waals surface area (Å²) in [4.78, 5) is 41.7. The van der Waals surface area contributed by atoms with E-state index in [-0.39, 0.29) is 48.8 Å². The van der Waals surface area contributed by atoms with Crippen molar-refractivity contribution in [2.45, 2.75) is 79.9 Å². The van der Waals surface area contributed by atoms with Gasteiger partial charge in [-0.25, -0.2) is 15.4 Å². The maximum Gasteiger partial charge on any atom is 0.410 e. The van der Waals surface area contributed by atoms with E-state index < -0.39 is 23.2 Å². The summed E-state index contributed by atoms with van der Waals surface area (Å²) in [5.74, 6) is 6.60. The van der Waals surface area contributed by atoms with E-state index in [1.807, 2.05) is 54.5 Å². The maximum atomic E-state index is 13.4. The van der Waals surface area contributed by atoms with Crippen LogP contribution in [0.1, 0.15) is 68.2 Å². The normalized spacial score (nSPS) is 22.3. The Morgan fingerprint density at radius 3 is 2.31 bits per heavy atom. The highest BCUT2D eigenvalue weighted by Crippen LogP contribution is 2.44. The van der Waals surface area contributed by atoms with Gasteiger partial charge in [-0.15, -0.1) is 5.73 Å². The fourth-order valence-corrected chi connectivity index (χ4v) is 5.02. The second-order valence-corrected chi connectivity index (χ2v) is 14.2. The van der Waals surface area contributed by atoms with Crippen molar-refractivity contribution in [3.8, 4) is 0 Å². The summed E-state index contributed by atoms with van der Waals surface area (Å²) < 4.78 is 17.0. The topological polar surface area (TPSA) is 147 Å². The Morgan fingerprint density at radius 1 is 1.11 bits per heavy atom. The first-order valence-electron chi connectivity index (χ1n) is 15.8. The van der Waals surface area contributed by atoms with Crippen molar-refractivity contribution in [1.82, 2.24) is 20.1 Å². The molecule has 0 aromatic carbocycles. The fourth-order valence-electron chi connectivity index (χ4n) is 5.02. The summed E-state index contributed by atoms with van der Waals surface area (Å²) in [6.07, 6.45) is 6.01. The molecule has 4 N–H and O–H groups in total. The van der Waals surface area contributed by atoms with Crippen molar-refractivity contribution >= 4 is 18.1 Å². The van der Waals surface area contributed by atoms with Gasteiger partial charge in [0.2, 0.25) is 5.88 Å². The van der Waals surface area contributed by atoms with Crippen LogP contribution in [0, 0.1) is 23.2 Å². The van der Waals surface area contributed by atoms with E-state index in [1.165, 1.54) is 10.6 Å². The molecule has 252 valence electrons. The standard InChI is InChI=1S/C33H53N5O7/c1-22(2)20-43-29(23(3)28(40)35-27-25(19-39)11-9-10-24-18-26(24)27)38(34)13-12-33(7,8)21-44-30(41)36-14-16-37(17-15-36)31(42)45-32(4,5)6/h9,12-13,22,25-27,39H,11,14-21,34H2,1-8H3,(H,35,40)/b13-12+,29-23-/t25?,26?,27-/m1/s1. The number of fused-ring (bicyclic) bond motifs is 1. The number of piperazine rings is 1. The molecule has 3 aliphatic rings. The highest BCUT2D eigenvalue weighted by Gasteiger charge is 2.43. The van der Waals surface area contributed by atoms with Crippen molar-refractivity contribution in [3.05, 3.63) is 41.1 Å². The molecule has 2 aliphatic carbocycles. The molecule has 0 aromatic rings. The van der Waals surface area contributed by atoms with Gasteiger partial charge < -0.3 is 34.4 Å². The Bertz CT molecular complexity index is 1200. The minimum absolute atomic E-state index is 0.0277. The summed E-state index contributed by atoms with van der Waals surface area (Å²) in [5, 5.41) is 14.3. The van der Waals surface area contributed by atoms with Crippen LogP contribution in [0.2, 0.25) is 0 Å². The molecular formula is C33H53N5O7. The SMILES string of the molecule is C/C(C(=O)N[C@@H]1C(CO)CC=C=C2CC21)=C(/OCC(C)C)N(N)/C=C/C(C)(C)COC(=O)N1CCN(C(=O)OC(C)(C)C)CC1. The van der Waals surface area contributed by atoms with Crippen LogP contribution < -0.4 is 11.2 Å². The number of hydrazine groups is 1. The predicted molar refractivity (Wildman–Crippen MR) is 170 cm³/mol. The highest BCUT2D eigenvalue weighted by molar-refractivity contribution is 5.93. The van der Waals surface area contributed by atoms with Crippen molar-refractivity contribution in [3.63, 3.8) is 0 Å². The lowest BCUT2D eigenvalue weighted by Gasteiger charge is -2.35. The molecule has 3 atom stereocenters. The number of amides is 3. The summed E-state index contributed by atoms with van der Waals surface area (Å²) >= 11 is 0. The van der Waals surface area contributed by atoms with Crippen molar-refractivity contribution < 1.29 is 33.7 Å². The van der Waals surface area contributed by atoms with Crippen LogP contribution in [0.4, 0.5) is 9.59 Å². The number of nitrogens with one attached hydrogen (secondary N) is 1. The average molecular weight is 632 g/mol. The van der Waals surface area contributed by atoms with Gasteiger partial charge in [0.1, 0.15) is 12.2 Å². The van der Waals surface area contributed by atoms with Gasteiger partial charge in [-0.2, -0.15) is 0 Å². The Kier molecular flexibility index (Phi) is 12.2. The van der Waals surface area contributed by atoms with E-state index >= 15 is 0 Å². The number of carbonyl (C=O) groups is 3. The first-order valence-corrected chi connectivity index (χ1v) is 15.8. The van der Waals surface area contributed by atoms with Crippen LogP contribution in [0.5, 0.6) is 0 Å². The summed E-state index contributed by atoms with van der Waals surface area (Å²) in [6.45, 7) is 16.8. The molecule has 2 unspecified atom stereocenters. The minimum atomic E-state index is -0.596. The average Bonchev–Trinajstić information content (AvgIpc) is 3.75. The molecule has 1 aliphatic heterocycles. The lowest BCUT2D eigenvalue weighted by atomic mass is 9.93. The van der Waals surface area contributed by atoms with E-state index in [2.05, 4.69) is 11.0 Å². The quantitative estimate of drug-likeness (QED) is 0.102. The van der Waals surface area contributed by atoms with Crippen LogP contribution >= 0.6 is 0 Å². The second kappa shape index (κ2) is 15.2. The van der Waals surface area contributed by atoms with Crippen molar-refractivity contribution in [2.75, 3.05) is 46.0 Å². The second-order valence-electron chi connectivity index (χ2n) is 14.2. The largest absolute Gasteiger partial charge is 0.477 e. The maximum absolute atomic E-state index is 13.4. The molecule has 0 radical (unpaired) electrons. The van der Waals surface area contributed by atoms with Crippen LogP contribution in [0.25, 0.3) is 0 Å². The van der Waals surface area contributed by atoms with E-state index in [0.717, 1.165) is 6.42 Å². The number of aliphatic hydroxyl groups excluding tert-OH is 1. The number of rotatable bonds is 11. The van der Waals surface area contributed by atoms with Crippen molar-refractivity contribution in [2.24, 2.45) is 29.0 Å². The Morgan fingerprint density at radius 2 is 1.73 bits per heavy atom. The Labute approximate surface area is 267 Å². The molecule has 45 heavy (non-hydrogen) atoms. The van der Waals surface area contributed by atoms with Gasteiger partial charge in [-0.1, -0.05) is 33.8 Å². The van der Waals surface area contributed by atoms with Gasteiger partial charge in [0.05, 0.1) is 12.2 Å². The number of hydrogen-bond acceptors (Lipinski definition) is 9. The summed E-state index contributed by atoms with van der Waals surface area (Å²) in [6, 6.07) is -0.194. The molecule has 0 aromatic heterocycles. The first kappa shape index (κ1) is 36.0. The molecule has 0 spiro atoms. The highest BCUT2D eigenvalue weighted by atomic mass is 16.6. The third-order valence-electron chi connectivity index (χ3n) is 7.80. The molecule has 12 heteroatoms. The van der Waals surface area contributed by atoms with Gasteiger partial charge in [-0.3, -0.25) is 9.80 Å². The van der Waals surface area contributed by atoms with Gasteiger partial charge in [-0.05, 0) is 58.1 Å². The number of aliphatic hydroxyl groups is 1. The number of hydrogen-bond donors (Lipinski definition) is 3. The zero-order chi connectivity index (χ0) is 33.5. The van der Waals surface area contributed by atoms with E-state index in [1.54, 1.807) is 29.0 Å². The summed E-state index contributed by atoms with van der Waals surface area (Å²) in [7, 11) is 0. The first-order chi connectivity index (χ1) is 21.0. The number of nitrogens with zero attached hydrogens (tertiary/aromatic N) is 3. The molecule has 3 amide bonds. The zero-order valence-electron chi connectivity index (χ0n) is 28.2. The summed E-state index contributed by atoms with van der Waals surface area (Å²) in [5.41, 5.74) is 3.58. The van der Waals surface area contributed by atoms with E-state index in [9.17, 15) is 19.5 Å². The number of carbonyl (C=O) groups excluding carboxylic acids is 3. The fraction of sp³-hybridized carbons (Fsp3) is 0.697. The molecule has 2 fully saturated rings. The molecule has 1 heterocycles. The molecule has 1 saturated heterocycles. The molecule has 1 saturated carbocycles. The van der Waals surface area contributed by atoms with Gasteiger partial charge in [0.15, 0.2) is 0 Å². The van der Waals surface area contributed by atoms with E-state index in [0.29, 0.717) is 44.8 Å². The number of ether oxygens (including phenoxy) is 3. The lowest BCUT2D eigenvalue weighted by molar-refractivity contribution is -0.119. The zero-order valence-corrected chi connectivity index (χ0v) is 28.2. The lowest BCUT2D eigenvalue weighted by Crippen LogP contribution is -2.52.